The van der Waals surface area contributed by atoms with Crippen molar-refractivity contribution < 1.29 is 14.3 Å². The third kappa shape index (κ3) is 1.48. The Morgan fingerprint density at radius 2 is 2.45 bits per heavy atom. The van der Waals surface area contributed by atoms with E-state index in [0.717, 1.165) is 0 Å². The number of methoxy groups -OCH3 is 1. The number of nitrogens with zero attached hydrogens (tertiary/aromatic N) is 1. The first-order chi connectivity index (χ1) is 5.15. The summed E-state index contributed by atoms with van der Waals surface area (Å²) in [6.07, 6.45) is -0.373. The quantitative estimate of drug-likeness (QED) is 0.519. The summed E-state index contributed by atoms with van der Waals surface area (Å²) in [4.78, 5) is 21.4. The number of hydrogen-bond donors (Lipinski definition) is 1. The highest BCUT2D eigenvalue weighted by Gasteiger charge is 2.37. The van der Waals surface area contributed by atoms with Crippen LogP contribution in [-0.2, 0) is 14.3 Å². The van der Waals surface area contributed by atoms with Crippen molar-refractivity contribution in [2.75, 3.05) is 13.7 Å². The number of hydrazine groups is 1. The molecule has 0 saturated carbocycles. The molecule has 0 spiro atoms. The van der Waals surface area contributed by atoms with Crippen LogP contribution in [0.3, 0.4) is 0 Å². The van der Waals surface area contributed by atoms with Crippen LogP contribution in [0.1, 0.15) is 6.92 Å². The lowest BCUT2D eigenvalue weighted by atomic mass is 10.2. The summed E-state index contributed by atoms with van der Waals surface area (Å²) >= 11 is 0. The first-order valence-electron chi connectivity index (χ1n) is 3.26. The molecule has 0 radical (unpaired) electrons. The summed E-state index contributed by atoms with van der Waals surface area (Å²) in [5, 5.41) is 1.23. The predicted molar refractivity (Wildman–Crippen MR) is 36.3 cm³/mol. The van der Waals surface area contributed by atoms with Crippen molar-refractivity contribution in [2.24, 2.45) is 0 Å². The van der Waals surface area contributed by atoms with Crippen LogP contribution in [0, 0.1) is 0 Å². The van der Waals surface area contributed by atoms with Crippen LogP contribution < -0.4 is 5.43 Å². The number of hydrogen-bond acceptors (Lipinski definition) is 3. The van der Waals surface area contributed by atoms with Gasteiger partial charge >= 0.3 is 0 Å². The lowest BCUT2D eigenvalue weighted by molar-refractivity contribution is -0.167. The topological polar surface area (TPSA) is 58.6 Å². The van der Waals surface area contributed by atoms with Crippen LogP contribution in [0.5, 0.6) is 0 Å². The van der Waals surface area contributed by atoms with Gasteiger partial charge in [-0.15, -0.1) is 0 Å². The summed E-state index contributed by atoms with van der Waals surface area (Å²) in [6, 6.07) is 0. The van der Waals surface area contributed by atoms with Gasteiger partial charge in [-0.2, -0.15) is 0 Å². The Morgan fingerprint density at radius 3 is 2.82 bits per heavy atom. The minimum Gasteiger partial charge on any atom is -0.370 e. The lowest BCUT2D eigenvalue weighted by Crippen LogP contribution is -2.63. The fourth-order valence-electron chi connectivity index (χ4n) is 0.861. The molecule has 1 atom stereocenters. The van der Waals surface area contributed by atoms with Crippen molar-refractivity contribution in [1.82, 2.24) is 10.4 Å². The summed E-state index contributed by atoms with van der Waals surface area (Å²) < 4.78 is 4.77. The standard InChI is InChI=1S/C6H10N2O3/c1-4(9)7-8-3-5(11-2)6(8)10/h5H,3H2,1-2H3,(H,7,9)/t5-/m1/s1. The Balaban J connectivity index is 2.33. The van der Waals surface area contributed by atoms with E-state index in [2.05, 4.69) is 5.43 Å². The van der Waals surface area contributed by atoms with E-state index in [0.29, 0.717) is 6.54 Å². The molecule has 1 rings (SSSR count). The fraction of sp³-hybridized carbons (Fsp3) is 0.667. The van der Waals surface area contributed by atoms with Crippen molar-refractivity contribution >= 4 is 11.8 Å². The SMILES string of the molecule is CO[C@@H]1CN(NC(C)=O)C1=O. The average molecular weight is 158 g/mol. The normalized spacial score (nSPS) is 22.9. The predicted octanol–water partition coefficient (Wildman–Crippen LogP) is -1.11. The molecule has 1 N–H and O–H groups in total. The highest BCUT2D eigenvalue weighted by atomic mass is 16.5. The molecule has 0 aromatic heterocycles. The number of rotatable bonds is 2. The fourth-order valence-corrected chi connectivity index (χ4v) is 0.861. The van der Waals surface area contributed by atoms with Crippen LogP contribution >= 0.6 is 0 Å². The first kappa shape index (κ1) is 8.00. The van der Waals surface area contributed by atoms with Crippen LogP contribution in [0.25, 0.3) is 0 Å². The molecule has 1 aliphatic heterocycles. The molecule has 1 fully saturated rings. The molecule has 2 amide bonds. The van der Waals surface area contributed by atoms with Crippen LogP contribution in [0.2, 0.25) is 0 Å². The molecule has 0 aliphatic carbocycles. The minimum atomic E-state index is -0.373. The molecule has 0 aromatic rings. The van der Waals surface area contributed by atoms with Gasteiger partial charge in [0, 0.05) is 14.0 Å². The van der Waals surface area contributed by atoms with Crippen molar-refractivity contribution in [1.29, 1.82) is 0 Å². The summed E-state index contributed by atoms with van der Waals surface area (Å²) in [5.74, 6) is -0.435. The average Bonchev–Trinajstić information content (AvgIpc) is 1.96. The third-order valence-corrected chi connectivity index (χ3v) is 1.47. The number of nitrogens with one attached hydrogen (secondary N) is 1. The summed E-state index contributed by atoms with van der Waals surface area (Å²) in [7, 11) is 1.47. The third-order valence-electron chi connectivity index (χ3n) is 1.47. The van der Waals surface area contributed by atoms with Gasteiger partial charge in [-0.05, 0) is 0 Å². The molecule has 0 aromatic carbocycles. The molecule has 0 bridgehead atoms. The van der Waals surface area contributed by atoms with Gasteiger partial charge in [0.25, 0.3) is 5.91 Å². The van der Waals surface area contributed by atoms with E-state index in [4.69, 9.17) is 4.74 Å². The van der Waals surface area contributed by atoms with Crippen molar-refractivity contribution in [3.8, 4) is 0 Å². The highest BCUT2D eigenvalue weighted by Crippen LogP contribution is 2.09. The Labute approximate surface area is 64.3 Å². The Morgan fingerprint density at radius 1 is 1.82 bits per heavy atom. The Hall–Kier alpha value is -1.10. The van der Waals surface area contributed by atoms with Crippen LogP contribution in [-0.4, -0.2) is 36.6 Å². The molecule has 62 valence electrons. The maximum absolute atomic E-state index is 10.9. The van der Waals surface area contributed by atoms with Gasteiger partial charge in [-0.1, -0.05) is 0 Å². The minimum absolute atomic E-state index is 0.192. The van der Waals surface area contributed by atoms with Gasteiger partial charge in [-0.3, -0.25) is 15.0 Å². The number of carbonyl (C=O) groups is 2. The zero-order valence-corrected chi connectivity index (χ0v) is 6.46. The second-order valence-electron chi connectivity index (χ2n) is 2.34. The Kier molecular flexibility index (Phi) is 2.09. The number of β-lactam (4-membered cyclic amide) rings is 1. The maximum Gasteiger partial charge on any atom is 0.272 e. The molecule has 11 heavy (non-hydrogen) atoms. The smallest absolute Gasteiger partial charge is 0.272 e. The van der Waals surface area contributed by atoms with Crippen LogP contribution in [0.4, 0.5) is 0 Å². The monoisotopic (exact) mass is 158 g/mol. The second-order valence-corrected chi connectivity index (χ2v) is 2.34. The van der Waals surface area contributed by atoms with E-state index in [-0.39, 0.29) is 17.9 Å². The zero-order chi connectivity index (χ0) is 8.43. The second kappa shape index (κ2) is 2.87. The van der Waals surface area contributed by atoms with Crippen molar-refractivity contribution in [2.45, 2.75) is 13.0 Å². The van der Waals surface area contributed by atoms with Gasteiger partial charge < -0.3 is 4.74 Å². The summed E-state index contributed by atoms with van der Waals surface area (Å²) in [5.41, 5.74) is 2.36. The molecule has 5 nitrogen and oxygen atoms in total. The molecule has 1 heterocycles. The zero-order valence-electron chi connectivity index (χ0n) is 6.46. The van der Waals surface area contributed by atoms with E-state index in [1.54, 1.807) is 0 Å². The maximum atomic E-state index is 10.9. The highest BCUT2D eigenvalue weighted by molar-refractivity contribution is 5.89. The van der Waals surface area contributed by atoms with E-state index >= 15 is 0 Å². The molecule has 1 aliphatic rings. The number of amides is 2. The van der Waals surface area contributed by atoms with E-state index in [9.17, 15) is 9.59 Å². The van der Waals surface area contributed by atoms with Crippen molar-refractivity contribution in [3.63, 3.8) is 0 Å². The first-order valence-corrected chi connectivity index (χ1v) is 3.26. The van der Waals surface area contributed by atoms with E-state index in [1.807, 2.05) is 0 Å². The van der Waals surface area contributed by atoms with Crippen molar-refractivity contribution in [3.05, 3.63) is 0 Å². The molecular weight excluding hydrogens is 148 g/mol. The largest absolute Gasteiger partial charge is 0.370 e. The number of carbonyl (C=O) groups excluding carboxylic acids is 2. The van der Waals surface area contributed by atoms with Gasteiger partial charge in [0.2, 0.25) is 5.91 Å². The molecule has 5 heteroatoms. The van der Waals surface area contributed by atoms with Gasteiger partial charge in [0.05, 0.1) is 6.54 Å². The van der Waals surface area contributed by atoms with E-state index in [1.165, 1.54) is 19.0 Å². The lowest BCUT2D eigenvalue weighted by Gasteiger charge is -2.36. The molecule has 0 unspecified atom stereocenters. The summed E-state index contributed by atoms with van der Waals surface area (Å²) in [6.45, 7) is 1.79. The Bertz CT molecular complexity index is 192. The van der Waals surface area contributed by atoms with Gasteiger partial charge in [0.15, 0.2) is 6.10 Å². The van der Waals surface area contributed by atoms with Crippen LogP contribution in [0.15, 0.2) is 0 Å². The number of ether oxygens (including phenoxy) is 1. The molecule has 1 saturated heterocycles. The van der Waals surface area contributed by atoms with Gasteiger partial charge in [0.1, 0.15) is 0 Å². The van der Waals surface area contributed by atoms with Gasteiger partial charge in [-0.25, -0.2) is 5.01 Å². The van der Waals surface area contributed by atoms with E-state index < -0.39 is 0 Å². The molecular formula is C6H10N2O3.